The first-order valence-corrected chi connectivity index (χ1v) is 9.04. The summed E-state index contributed by atoms with van der Waals surface area (Å²) in [6, 6.07) is 8.02. The van der Waals surface area contributed by atoms with Gasteiger partial charge < -0.3 is 4.74 Å². The highest BCUT2D eigenvalue weighted by Gasteiger charge is 2.04. The van der Waals surface area contributed by atoms with Gasteiger partial charge in [-0.15, -0.1) is 0 Å². The number of hydrogen-bond acceptors (Lipinski definition) is 5. The number of aryl methyl sites for hydroxylation is 1. The summed E-state index contributed by atoms with van der Waals surface area (Å²) < 4.78 is 5.80. The second kappa shape index (κ2) is 10.7. The van der Waals surface area contributed by atoms with Crippen molar-refractivity contribution in [3.63, 3.8) is 0 Å². The third-order valence-electron chi connectivity index (χ3n) is 2.72. The average Bonchev–Trinajstić information content (AvgIpc) is 2.44. The van der Waals surface area contributed by atoms with Gasteiger partial charge in [-0.25, -0.2) is 0 Å². The molecule has 0 saturated heterocycles. The average molecular weight is 326 g/mol. The van der Waals surface area contributed by atoms with Gasteiger partial charge in [0.1, 0.15) is 5.75 Å². The Labute approximate surface area is 135 Å². The van der Waals surface area contributed by atoms with Crippen molar-refractivity contribution in [1.82, 2.24) is 0 Å². The molecule has 1 rings (SSSR count). The fourth-order valence-electron chi connectivity index (χ4n) is 1.79. The lowest BCUT2D eigenvalue weighted by Gasteiger charge is -2.11. The lowest BCUT2D eigenvalue weighted by atomic mass is 10.1. The Morgan fingerprint density at radius 1 is 1.00 bits per heavy atom. The van der Waals surface area contributed by atoms with E-state index < -0.39 is 0 Å². The molecule has 0 aliphatic rings. The van der Waals surface area contributed by atoms with Gasteiger partial charge in [0.05, 0.1) is 6.61 Å². The quantitative estimate of drug-likeness (QED) is 0.643. The maximum atomic E-state index is 10.9. The Balaban J connectivity index is 2.33. The maximum Gasteiger partial charge on any atom is 0.185 e. The normalized spacial score (nSPS) is 10.4. The van der Waals surface area contributed by atoms with E-state index in [-0.39, 0.29) is 10.2 Å². The zero-order valence-electron chi connectivity index (χ0n) is 12.6. The number of hydrogen-bond donors (Lipinski definition) is 0. The minimum atomic E-state index is 0.151. The number of para-hydroxylation sites is 1. The Morgan fingerprint density at radius 3 is 2.29 bits per heavy atom. The Hall–Kier alpha value is -0.940. The molecule has 0 unspecified atom stereocenters. The molecule has 0 heterocycles. The molecule has 0 aromatic heterocycles. The number of ether oxygens (including phenoxy) is 1. The van der Waals surface area contributed by atoms with Crippen molar-refractivity contribution in [1.29, 1.82) is 0 Å². The van der Waals surface area contributed by atoms with Crippen molar-refractivity contribution < 1.29 is 14.3 Å². The molecule has 0 aliphatic heterocycles. The third kappa shape index (κ3) is 8.83. The Morgan fingerprint density at radius 2 is 1.62 bits per heavy atom. The van der Waals surface area contributed by atoms with Crippen LogP contribution in [0.2, 0.25) is 0 Å². The van der Waals surface area contributed by atoms with Crippen LogP contribution in [0.5, 0.6) is 5.75 Å². The first kappa shape index (κ1) is 18.1. The van der Waals surface area contributed by atoms with Gasteiger partial charge >= 0.3 is 0 Å². The van der Waals surface area contributed by atoms with E-state index in [0.717, 1.165) is 36.5 Å². The molecule has 0 fully saturated rings. The SMILES string of the molecule is CC(=O)SCCCOc1ccccc1CCCSC(C)=O. The molecule has 116 valence electrons. The predicted molar refractivity (Wildman–Crippen MR) is 91.2 cm³/mol. The van der Waals surface area contributed by atoms with Gasteiger partial charge in [0.25, 0.3) is 0 Å². The highest BCUT2D eigenvalue weighted by Crippen LogP contribution is 2.21. The Kier molecular flexibility index (Phi) is 9.26. The van der Waals surface area contributed by atoms with E-state index in [2.05, 4.69) is 6.07 Å². The molecule has 0 atom stereocenters. The first-order chi connectivity index (χ1) is 10.1. The van der Waals surface area contributed by atoms with Crippen molar-refractivity contribution in [2.24, 2.45) is 0 Å². The molecule has 0 N–H and O–H groups in total. The topological polar surface area (TPSA) is 43.4 Å². The highest BCUT2D eigenvalue weighted by atomic mass is 32.2. The molecule has 21 heavy (non-hydrogen) atoms. The monoisotopic (exact) mass is 326 g/mol. The van der Waals surface area contributed by atoms with Crippen molar-refractivity contribution >= 4 is 33.8 Å². The molecule has 0 aliphatic carbocycles. The van der Waals surface area contributed by atoms with Crippen LogP contribution in [0.15, 0.2) is 24.3 Å². The lowest BCUT2D eigenvalue weighted by molar-refractivity contribution is -0.109. The van der Waals surface area contributed by atoms with Gasteiger partial charge in [0.15, 0.2) is 10.2 Å². The fourth-order valence-corrected chi connectivity index (χ4v) is 2.91. The largest absolute Gasteiger partial charge is 0.493 e. The summed E-state index contributed by atoms with van der Waals surface area (Å²) in [5, 5.41) is 0.320. The molecule has 0 bridgehead atoms. The second-order valence-electron chi connectivity index (χ2n) is 4.59. The summed E-state index contributed by atoms with van der Waals surface area (Å²) >= 11 is 2.71. The van der Waals surface area contributed by atoms with Gasteiger partial charge in [-0.05, 0) is 30.9 Å². The van der Waals surface area contributed by atoms with Gasteiger partial charge in [0.2, 0.25) is 0 Å². The van der Waals surface area contributed by atoms with Gasteiger partial charge in [0, 0.05) is 25.4 Å². The van der Waals surface area contributed by atoms with Crippen LogP contribution in [0.3, 0.4) is 0 Å². The fraction of sp³-hybridized carbons (Fsp3) is 0.500. The van der Waals surface area contributed by atoms with Crippen LogP contribution in [-0.4, -0.2) is 28.3 Å². The molecule has 0 spiro atoms. The van der Waals surface area contributed by atoms with Crippen molar-refractivity contribution in [2.75, 3.05) is 18.1 Å². The number of thioether (sulfide) groups is 2. The van der Waals surface area contributed by atoms with Gasteiger partial charge in [-0.3, -0.25) is 9.59 Å². The first-order valence-electron chi connectivity index (χ1n) is 7.07. The molecule has 1 aromatic rings. The summed E-state index contributed by atoms with van der Waals surface area (Å²) in [7, 11) is 0. The molecule has 1 aromatic carbocycles. The smallest absolute Gasteiger partial charge is 0.185 e. The van der Waals surface area contributed by atoms with Crippen LogP contribution in [0.25, 0.3) is 0 Å². The second-order valence-corrected chi connectivity index (χ2v) is 7.14. The standard InChI is InChI=1S/C16H22O3S2/c1-13(17)20-11-5-8-15-7-3-4-9-16(15)19-10-6-12-21-14(2)18/h3-4,7,9H,5-6,8,10-12H2,1-2H3. The zero-order chi connectivity index (χ0) is 15.5. The van der Waals surface area contributed by atoms with Crippen molar-refractivity contribution in [2.45, 2.75) is 33.1 Å². The minimum Gasteiger partial charge on any atom is -0.493 e. The molecule has 0 amide bonds. The summed E-state index contributed by atoms with van der Waals surface area (Å²) in [6.07, 6.45) is 2.74. The molecular weight excluding hydrogens is 304 g/mol. The minimum absolute atomic E-state index is 0.151. The van der Waals surface area contributed by atoms with Crippen molar-refractivity contribution in [3.05, 3.63) is 29.8 Å². The lowest BCUT2D eigenvalue weighted by Crippen LogP contribution is -2.02. The van der Waals surface area contributed by atoms with Gasteiger partial charge in [-0.1, -0.05) is 41.7 Å². The third-order valence-corrected chi connectivity index (χ3v) is 4.52. The van der Waals surface area contributed by atoms with Crippen LogP contribution >= 0.6 is 23.5 Å². The van der Waals surface area contributed by atoms with E-state index >= 15 is 0 Å². The number of carbonyl (C=O) groups is 2. The van der Waals surface area contributed by atoms with E-state index in [0.29, 0.717) is 6.61 Å². The number of rotatable bonds is 9. The van der Waals surface area contributed by atoms with Crippen LogP contribution in [-0.2, 0) is 16.0 Å². The van der Waals surface area contributed by atoms with E-state index in [1.165, 1.54) is 29.1 Å². The molecule has 3 nitrogen and oxygen atoms in total. The van der Waals surface area contributed by atoms with Crippen LogP contribution in [0.1, 0.15) is 32.3 Å². The maximum absolute atomic E-state index is 10.9. The highest BCUT2D eigenvalue weighted by molar-refractivity contribution is 8.13. The molecule has 0 saturated carbocycles. The number of carbonyl (C=O) groups excluding carboxylic acids is 2. The number of benzene rings is 1. The Bertz CT molecular complexity index is 461. The van der Waals surface area contributed by atoms with E-state index in [1.54, 1.807) is 13.8 Å². The predicted octanol–water partition coefficient (Wildman–Crippen LogP) is 3.95. The summed E-state index contributed by atoms with van der Waals surface area (Å²) in [6.45, 7) is 3.81. The molecular formula is C16H22O3S2. The van der Waals surface area contributed by atoms with E-state index in [4.69, 9.17) is 4.74 Å². The van der Waals surface area contributed by atoms with Crippen LogP contribution < -0.4 is 4.74 Å². The summed E-state index contributed by atoms with van der Waals surface area (Å²) in [5.41, 5.74) is 1.18. The zero-order valence-corrected chi connectivity index (χ0v) is 14.2. The van der Waals surface area contributed by atoms with Crippen LogP contribution in [0.4, 0.5) is 0 Å². The molecule has 0 radical (unpaired) electrons. The van der Waals surface area contributed by atoms with Crippen molar-refractivity contribution in [3.8, 4) is 5.75 Å². The van der Waals surface area contributed by atoms with E-state index in [1.807, 2.05) is 18.2 Å². The molecule has 5 heteroatoms. The summed E-state index contributed by atoms with van der Waals surface area (Å²) in [5.74, 6) is 2.56. The summed E-state index contributed by atoms with van der Waals surface area (Å²) in [4.78, 5) is 21.7. The van der Waals surface area contributed by atoms with Gasteiger partial charge in [-0.2, -0.15) is 0 Å². The van der Waals surface area contributed by atoms with Crippen LogP contribution in [0, 0.1) is 0 Å². The van der Waals surface area contributed by atoms with E-state index in [9.17, 15) is 9.59 Å².